The van der Waals surface area contributed by atoms with Gasteiger partial charge in [0.15, 0.2) is 28.2 Å². The highest BCUT2D eigenvalue weighted by Crippen LogP contribution is 2.45. The van der Waals surface area contributed by atoms with E-state index in [1.54, 1.807) is 24.3 Å². The molecule has 214 valence electrons. The van der Waals surface area contributed by atoms with Crippen molar-refractivity contribution in [2.45, 2.75) is 19.6 Å². The molecule has 1 aromatic heterocycles. The summed E-state index contributed by atoms with van der Waals surface area (Å²) >= 11 is 1.33. The number of fused-ring (bicyclic) bond motifs is 1. The Morgan fingerprint density at radius 3 is 2.47 bits per heavy atom. The number of carbonyl (C=O) groups excluding carboxylic acids is 2. The number of nitrogens with zero attached hydrogens (tertiary/aromatic N) is 2. The summed E-state index contributed by atoms with van der Waals surface area (Å²) < 4.78 is 12.6. The van der Waals surface area contributed by atoms with Crippen LogP contribution in [0.5, 0.6) is 11.5 Å². The van der Waals surface area contributed by atoms with Gasteiger partial charge in [0, 0.05) is 0 Å². The fourth-order valence-corrected chi connectivity index (χ4v) is 6.12. The van der Waals surface area contributed by atoms with Crippen molar-refractivity contribution < 1.29 is 24.2 Å². The van der Waals surface area contributed by atoms with Crippen molar-refractivity contribution in [1.29, 1.82) is 0 Å². The molecule has 1 amide bonds. The highest BCUT2D eigenvalue weighted by molar-refractivity contribution is 7.22. The molecule has 6 rings (SSSR count). The molecule has 0 saturated heterocycles. The Hall–Kier alpha value is -5.21. The number of ether oxygens (including phenoxy) is 2. The first-order valence-electron chi connectivity index (χ1n) is 13.7. The lowest BCUT2D eigenvalue weighted by molar-refractivity contribution is -0.117. The summed E-state index contributed by atoms with van der Waals surface area (Å²) in [6.45, 7) is 2.32. The average Bonchev–Trinajstić information content (AvgIpc) is 3.57. The lowest BCUT2D eigenvalue weighted by atomic mass is 9.95. The molecule has 8 heteroatoms. The topological polar surface area (TPSA) is 89.0 Å². The zero-order valence-electron chi connectivity index (χ0n) is 23.6. The van der Waals surface area contributed by atoms with Gasteiger partial charge in [0.05, 0.1) is 28.9 Å². The highest BCUT2D eigenvalue weighted by atomic mass is 32.1. The monoisotopic (exact) mass is 588 g/mol. The van der Waals surface area contributed by atoms with Crippen LogP contribution in [0.25, 0.3) is 16.3 Å². The number of hydrogen-bond donors (Lipinski definition) is 1. The van der Waals surface area contributed by atoms with Gasteiger partial charge >= 0.3 is 0 Å². The molecule has 43 heavy (non-hydrogen) atoms. The van der Waals surface area contributed by atoms with Gasteiger partial charge in [-0.15, -0.1) is 0 Å². The molecule has 5 aromatic rings. The van der Waals surface area contributed by atoms with Crippen molar-refractivity contribution in [2.24, 2.45) is 0 Å². The minimum atomic E-state index is -0.945. The first kappa shape index (κ1) is 27.9. The third kappa shape index (κ3) is 5.65. The van der Waals surface area contributed by atoms with Gasteiger partial charge in [-0.3, -0.25) is 14.5 Å². The van der Waals surface area contributed by atoms with Gasteiger partial charge in [0.25, 0.3) is 5.91 Å². The fraction of sp³-hybridized carbons (Fsp3) is 0.114. The first-order chi connectivity index (χ1) is 20.9. The third-order valence-electron chi connectivity index (χ3n) is 7.18. The maximum absolute atomic E-state index is 13.7. The number of anilines is 1. The van der Waals surface area contributed by atoms with E-state index >= 15 is 0 Å². The number of aliphatic hydroxyl groups is 1. The number of hydrogen-bond acceptors (Lipinski definition) is 7. The number of aliphatic hydroxyl groups excluding tert-OH is 1. The van der Waals surface area contributed by atoms with E-state index in [4.69, 9.17) is 14.5 Å². The summed E-state index contributed by atoms with van der Waals surface area (Å²) in [6.07, 6.45) is 3.04. The Bertz CT molecular complexity index is 1880. The van der Waals surface area contributed by atoms with Crippen LogP contribution in [0.15, 0.2) is 114 Å². The minimum Gasteiger partial charge on any atom is -0.503 e. The third-order valence-corrected chi connectivity index (χ3v) is 8.20. The van der Waals surface area contributed by atoms with Crippen LogP contribution in [0, 0.1) is 6.92 Å². The second-order valence-corrected chi connectivity index (χ2v) is 11.1. The van der Waals surface area contributed by atoms with E-state index in [9.17, 15) is 14.7 Å². The van der Waals surface area contributed by atoms with E-state index in [1.807, 2.05) is 85.8 Å². The van der Waals surface area contributed by atoms with Crippen molar-refractivity contribution in [1.82, 2.24) is 4.98 Å². The molecular weight excluding hydrogens is 560 g/mol. The van der Waals surface area contributed by atoms with Gasteiger partial charge in [-0.2, -0.15) is 0 Å². The number of thiazole rings is 1. The van der Waals surface area contributed by atoms with Crippen molar-refractivity contribution >= 4 is 44.5 Å². The molecule has 1 atom stereocenters. The number of rotatable bonds is 9. The summed E-state index contributed by atoms with van der Waals surface area (Å²) in [6, 6.07) is 29.3. The Kier molecular flexibility index (Phi) is 7.77. The molecule has 0 radical (unpaired) electrons. The van der Waals surface area contributed by atoms with Gasteiger partial charge < -0.3 is 14.6 Å². The van der Waals surface area contributed by atoms with Gasteiger partial charge in [0.1, 0.15) is 6.61 Å². The lowest BCUT2D eigenvalue weighted by Crippen LogP contribution is -2.30. The van der Waals surface area contributed by atoms with Crippen LogP contribution in [0.4, 0.5) is 5.13 Å². The normalized spacial score (nSPS) is 15.1. The van der Waals surface area contributed by atoms with Crippen molar-refractivity contribution in [3.63, 3.8) is 0 Å². The summed E-state index contributed by atoms with van der Waals surface area (Å²) in [5.41, 5.74) is 4.13. The van der Waals surface area contributed by atoms with E-state index in [-0.39, 0.29) is 5.57 Å². The molecule has 7 nitrogen and oxygen atoms in total. The van der Waals surface area contributed by atoms with Crippen LogP contribution in [0.2, 0.25) is 0 Å². The molecule has 0 aliphatic carbocycles. The predicted molar refractivity (Wildman–Crippen MR) is 168 cm³/mol. The standard InChI is InChI=1S/C35H28N2O5S/c1-22-13-16-26-30(19-22)43-35(36-26)37-32(31(33(39)34(37)40)27(38)17-14-23-9-5-3-6-10-23)25-15-18-28(29(20-25)41-2)42-21-24-11-7-4-8-12-24/h3-20,32,39H,21H2,1-2H3/b17-14+. The quantitative estimate of drug-likeness (QED) is 0.181. The smallest absolute Gasteiger partial charge is 0.296 e. The van der Waals surface area contributed by atoms with Crippen LogP contribution in [0.3, 0.4) is 0 Å². The average molecular weight is 589 g/mol. The number of carbonyl (C=O) groups is 2. The Balaban J connectivity index is 1.41. The molecule has 2 heterocycles. The summed E-state index contributed by atoms with van der Waals surface area (Å²) in [4.78, 5) is 33.4. The summed E-state index contributed by atoms with van der Waals surface area (Å²) in [7, 11) is 1.53. The zero-order valence-corrected chi connectivity index (χ0v) is 24.4. The molecule has 0 saturated carbocycles. The van der Waals surface area contributed by atoms with Crippen molar-refractivity contribution in [3.05, 3.63) is 137 Å². The minimum absolute atomic E-state index is 0.0346. The number of aromatic nitrogens is 1. The van der Waals surface area contributed by atoms with E-state index in [0.717, 1.165) is 26.9 Å². The first-order valence-corrected chi connectivity index (χ1v) is 14.5. The number of allylic oxidation sites excluding steroid dienone is 1. The predicted octanol–water partition coefficient (Wildman–Crippen LogP) is 7.37. The van der Waals surface area contributed by atoms with Gasteiger partial charge in [-0.1, -0.05) is 90.2 Å². The largest absolute Gasteiger partial charge is 0.503 e. The molecule has 1 N–H and O–H groups in total. The van der Waals surface area contributed by atoms with Crippen LogP contribution in [0.1, 0.15) is 28.3 Å². The molecule has 4 aromatic carbocycles. The van der Waals surface area contributed by atoms with E-state index < -0.39 is 23.5 Å². The second-order valence-electron chi connectivity index (χ2n) is 10.1. The van der Waals surface area contributed by atoms with Gasteiger partial charge in [-0.05, 0) is 59.5 Å². The lowest BCUT2D eigenvalue weighted by Gasteiger charge is -2.25. The van der Waals surface area contributed by atoms with Crippen LogP contribution >= 0.6 is 11.3 Å². The van der Waals surface area contributed by atoms with Crippen molar-refractivity contribution in [2.75, 3.05) is 12.0 Å². The summed E-state index contributed by atoms with van der Waals surface area (Å²) in [5.74, 6) is -0.847. The maximum atomic E-state index is 13.7. The number of benzene rings is 4. The number of methoxy groups -OCH3 is 1. The fourth-order valence-electron chi connectivity index (χ4n) is 5.03. The van der Waals surface area contributed by atoms with Gasteiger partial charge in [0.2, 0.25) is 0 Å². The Morgan fingerprint density at radius 1 is 0.977 bits per heavy atom. The summed E-state index contributed by atoms with van der Waals surface area (Å²) in [5, 5.41) is 11.5. The van der Waals surface area contributed by atoms with Crippen LogP contribution in [-0.2, 0) is 16.2 Å². The molecule has 1 aliphatic rings. The Morgan fingerprint density at radius 2 is 1.72 bits per heavy atom. The molecule has 1 unspecified atom stereocenters. The molecule has 1 aliphatic heterocycles. The molecule has 0 spiro atoms. The van der Waals surface area contributed by atoms with Gasteiger partial charge in [-0.25, -0.2) is 4.98 Å². The number of ketones is 1. The highest BCUT2D eigenvalue weighted by Gasteiger charge is 2.45. The van der Waals surface area contributed by atoms with E-state index in [0.29, 0.717) is 28.8 Å². The Labute approximate surface area is 253 Å². The molecular formula is C35H28N2O5S. The molecule has 0 fully saturated rings. The van der Waals surface area contributed by atoms with E-state index in [1.165, 1.54) is 29.4 Å². The maximum Gasteiger partial charge on any atom is 0.296 e. The SMILES string of the molecule is COc1cc(C2C(C(=O)/C=C/c3ccccc3)=C(O)C(=O)N2c2nc3ccc(C)cc3s2)ccc1OCc1ccccc1. The van der Waals surface area contributed by atoms with Crippen LogP contribution < -0.4 is 14.4 Å². The zero-order chi connectivity index (χ0) is 29.9. The van der Waals surface area contributed by atoms with Crippen LogP contribution in [-0.4, -0.2) is 28.9 Å². The number of amides is 1. The second kappa shape index (κ2) is 12.0. The number of aryl methyl sites for hydroxylation is 1. The van der Waals surface area contributed by atoms with Crippen molar-refractivity contribution in [3.8, 4) is 11.5 Å². The molecule has 0 bridgehead atoms. The van der Waals surface area contributed by atoms with E-state index in [2.05, 4.69) is 0 Å².